The van der Waals surface area contributed by atoms with Gasteiger partial charge in [-0.2, -0.15) is 0 Å². The van der Waals surface area contributed by atoms with E-state index in [9.17, 15) is 4.57 Å². The van der Waals surface area contributed by atoms with Crippen LogP contribution in [0.1, 0.15) is 6.92 Å². The van der Waals surface area contributed by atoms with E-state index in [4.69, 9.17) is 10.3 Å². The van der Waals surface area contributed by atoms with Gasteiger partial charge in [-0.1, -0.05) is 0 Å². The lowest BCUT2D eigenvalue weighted by Crippen LogP contribution is -1.93. The van der Waals surface area contributed by atoms with Gasteiger partial charge >= 0.3 is 7.60 Å². The normalized spacial score (nSPS) is 16.7. The standard InChI is InChI=1S/C4H10NO3P/c1-2-8-9(6,7)4-3-5/h3,5H,2,4H2,1H3,(H,6,7). The molecule has 5 heteroatoms. The second kappa shape index (κ2) is 3.77. The first-order chi connectivity index (χ1) is 4.12. The lowest BCUT2D eigenvalue weighted by atomic mass is 10.9. The van der Waals surface area contributed by atoms with Gasteiger partial charge in [0.05, 0.1) is 12.8 Å². The summed E-state index contributed by atoms with van der Waals surface area (Å²) in [6.45, 7) is 1.84. The van der Waals surface area contributed by atoms with Crippen LogP contribution in [-0.4, -0.2) is 23.9 Å². The lowest BCUT2D eigenvalue weighted by molar-refractivity contribution is 0.277. The molecule has 4 nitrogen and oxygen atoms in total. The summed E-state index contributed by atoms with van der Waals surface area (Å²) in [5.41, 5.74) is 0. The number of hydrogen-bond acceptors (Lipinski definition) is 3. The molecule has 0 aromatic carbocycles. The van der Waals surface area contributed by atoms with Crippen molar-refractivity contribution in [3.05, 3.63) is 0 Å². The van der Waals surface area contributed by atoms with Gasteiger partial charge in [0.2, 0.25) is 0 Å². The van der Waals surface area contributed by atoms with E-state index >= 15 is 0 Å². The monoisotopic (exact) mass is 151 g/mol. The molecule has 0 aliphatic carbocycles. The summed E-state index contributed by atoms with van der Waals surface area (Å²) in [4.78, 5) is 8.70. The molecule has 0 fully saturated rings. The minimum Gasteiger partial charge on any atom is -0.324 e. The Morgan fingerprint density at radius 1 is 1.89 bits per heavy atom. The molecule has 54 valence electrons. The quantitative estimate of drug-likeness (QED) is 0.462. The molecule has 1 atom stereocenters. The van der Waals surface area contributed by atoms with Gasteiger partial charge in [0.15, 0.2) is 0 Å². The summed E-state index contributed by atoms with van der Waals surface area (Å²) in [6, 6.07) is 0. The van der Waals surface area contributed by atoms with E-state index in [-0.39, 0.29) is 12.8 Å². The Hall–Kier alpha value is -0.180. The van der Waals surface area contributed by atoms with Gasteiger partial charge in [-0.3, -0.25) is 4.57 Å². The Bertz CT molecular complexity index is 136. The molecule has 0 rings (SSSR count). The number of rotatable bonds is 4. The average molecular weight is 151 g/mol. The molecular weight excluding hydrogens is 141 g/mol. The summed E-state index contributed by atoms with van der Waals surface area (Å²) in [7, 11) is -3.44. The second-order valence-electron chi connectivity index (χ2n) is 1.44. The maximum absolute atomic E-state index is 10.6. The minimum absolute atomic E-state index is 0.194. The third-order valence-corrected chi connectivity index (χ3v) is 1.96. The zero-order chi connectivity index (χ0) is 7.33. The summed E-state index contributed by atoms with van der Waals surface area (Å²) in [5, 5.41) is 6.50. The van der Waals surface area contributed by atoms with Crippen molar-refractivity contribution in [2.45, 2.75) is 6.92 Å². The summed E-state index contributed by atoms with van der Waals surface area (Å²) in [6.07, 6.45) is 0.678. The minimum atomic E-state index is -3.44. The highest BCUT2D eigenvalue weighted by Crippen LogP contribution is 2.39. The molecule has 0 saturated heterocycles. The first-order valence-electron chi connectivity index (χ1n) is 2.57. The van der Waals surface area contributed by atoms with Crippen molar-refractivity contribution in [3.8, 4) is 0 Å². The van der Waals surface area contributed by atoms with Crippen LogP contribution in [0.25, 0.3) is 0 Å². The van der Waals surface area contributed by atoms with Gasteiger partial charge in [0.1, 0.15) is 0 Å². The Balaban J connectivity index is 3.71. The summed E-state index contributed by atoms with van der Waals surface area (Å²) in [5.74, 6) is 0. The molecule has 0 aromatic rings. The summed E-state index contributed by atoms with van der Waals surface area (Å²) < 4.78 is 15.0. The van der Waals surface area contributed by atoms with E-state index in [0.717, 1.165) is 6.21 Å². The van der Waals surface area contributed by atoms with Crippen molar-refractivity contribution < 1.29 is 14.0 Å². The molecule has 0 spiro atoms. The molecule has 2 N–H and O–H groups in total. The molecular formula is C4H10NO3P. The molecule has 0 aliphatic rings. The molecule has 0 aliphatic heterocycles. The molecule has 1 unspecified atom stereocenters. The van der Waals surface area contributed by atoms with Crippen LogP contribution in [0, 0.1) is 5.41 Å². The van der Waals surface area contributed by atoms with Crippen molar-refractivity contribution in [3.63, 3.8) is 0 Å². The van der Waals surface area contributed by atoms with E-state index in [0.29, 0.717) is 0 Å². The maximum atomic E-state index is 10.6. The zero-order valence-electron chi connectivity index (χ0n) is 5.20. The zero-order valence-corrected chi connectivity index (χ0v) is 6.10. The topological polar surface area (TPSA) is 70.4 Å². The summed E-state index contributed by atoms with van der Waals surface area (Å²) >= 11 is 0. The van der Waals surface area contributed by atoms with Gasteiger partial charge < -0.3 is 14.8 Å². The van der Waals surface area contributed by atoms with Crippen molar-refractivity contribution in [2.75, 3.05) is 12.8 Å². The molecule has 0 amide bonds. The van der Waals surface area contributed by atoms with E-state index in [1.54, 1.807) is 6.92 Å². The van der Waals surface area contributed by atoms with Crippen LogP contribution < -0.4 is 0 Å². The van der Waals surface area contributed by atoms with Crippen molar-refractivity contribution in [1.29, 1.82) is 5.41 Å². The molecule has 9 heavy (non-hydrogen) atoms. The highest BCUT2D eigenvalue weighted by atomic mass is 31.2. The second-order valence-corrected chi connectivity index (χ2v) is 3.34. The van der Waals surface area contributed by atoms with Crippen molar-refractivity contribution >= 4 is 13.8 Å². The first kappa shape index (κ1) is 8.82. The van der Waals surface area contributed by atoms with Crippen molar-refractivity contribution in [1.82, 2.24) is 0 Å². The third kappa shape index (κ3) is 4.33. The van der Waals surface area contributed by atoms with E-state index < -0.39 is 7.60 Å². The number of nitrogens with one attached hydrogen (secondary N) is 1. The molecule has 0 radical (unpaired) electrons. The van der Waals surface area contributed by atoms with Crippen LogP contribution >= 0.6 is 7.60 Å². The highest BCUT2D eigenvalue weighted by molar-refractivity contribution is 7.53. The van der Waals surface area contributed by atoms with Crippen LogP contribution in [0.3, 0.4) is 0 Å². The van der Waals surface area contributed by atoms with Crippen LogP contribution in [0.5, 0.6) is 0 Å². The average Bonchev–Trinajstić information content (AvgIpc) is 1.64. The fourth-order valence-electron chi connectivity index (χ4n) is 0.370. The Morgan fingerprint density at radius 3 is 2.78 bits per heavy atom. The predicted octanol–water partition coefficient (Wildman–Crippen LogP) is 0.858. The van der Waals surface area contributed by atoms with Crippen LogP contribution in [0.4, 0.5) is 0 Å². The molecule has 0 bridgehead atoms. The fourth-order valence-corrected chi connectivity index (χ4v) is 1.11. The largest absolute Gasteiger partial charge is 0.333 e. The predicted molar refractivity (Wildman–Crippen MR) is 35.1 cm³/mol. The Morgan fingerprint density at radius 2 is 2.44 bits per heavy atom. The van der Waals surface area contributed by atoms with Crippen molar-refractivity contribution in [2.24, 2.45) is 0 Å². The molecule has 0 saturated carbocycles. The molecule has 0 aromatic heterocycles. The van der Waals surface area contributed by atoms with E-state index in [1.165, 1.54) is 0 Å². The Kier molecular flexibility index (Phi) is 3.70. The van der Waals surface area contributed by atoms with E-state index in [1.807, 2.05) is 0 Å². The molecule has 0 heterocycles. The smallest absolute Gasteiger partial charge is 0.324 e. The van der Waals surface area contributed by atoms with Gasteiger partial charge in [-0.25, -0.2) is 0 Å². The third-order valence-electron chi connectivity index (χ3n) is 0.653. The Labute approximate surface area is 53.9 Å². The maximum Gasteiger partial charge on any atom is 0.333 e. The highest BCUT2D eigenvalue weighted by Gasteiger charge is 2.14. The van der Waals surface area contributed by atoms with Gasteiger partial charge in [0, 0.05) is 6.21 Å². The lowest BCUT2D eigenvalue weighted by Gasteiger charge is -2.05. The first-order valence-corrected chi connectivity index (χ1v) is 4.34. The fraction of sp³-hybridized carbons (Fsp3) is 0.750. The number of hydrogen-bond donors (Lipinski definition) is 2. The van der Waals surface area contributed by atoms with Gasteiger partial charge in [0.25, 0.3) is 0 Å². The van der Waals surface area contributed by atoms with Crippen LogP contribution in [0.2, 0.25) is 0 Å². The van der Waals surface area contributed by atoms with Crippen LogP contribution in [-0.2, 0) is 9.09 Å². The van der Waals surface area contributed by atoms with Crippen LogP contribution in [0.15, 0.2) is 0 Å². The SMILES string of the molecule is CCOP(=O)(O)CC=N. The van der Waals surface area contributed by atoms with Gasteiger partial charge in [-0.15, -0.1) is 0 Å². The van der Waals surface area contributed by atoms with E-state index in [2.05, 4.69) is 4.52 Å². The van der Waals surface area contributed by atoms with Gasteiger partial charge in [-0.05, 0) is 6.92 Å².